The monoisotopic (exact) mass is 667 g/mol. The van der Waals surface area contributed by atoms with Crippen molar-refractivity contribution < 1.29 is 22.7 Å². The molecule has 1 amide bonds. The summed E-state index contributed by atoms with van der Waals surface area (Å²) in [5, 5.41) is 4.54. The minimum atomic E-state index is -3.92. The summed E-state index contributed by atoms with van der Waals surface area (Å²) in [7, 11) is -3.92. The molecule has 8 nitrogen and oxygen atoms in total. The van der Waals surface area contributed by atoms with E-state index in [0.717, 1.165) is 11.1 Å². The Kier molecular flexibility index (Phi) is 10.9. The van der Waals surface area contributed by atoms with E-state index in [1.807, 2.05) is 56.3 Å². The van der Waals surface area contributed by atoms with Crippen LogP contribution in [0.2, 0.25) is 5.02 Å². The maximum absolute atomic E-state index is 13.8. The number of halogens is 1. The van der Waals surface area contributed by atoms with Crippen molar-refractivity contribution >= 4 is 39.4 Å². The van der Waals surface area contributed by atoms with E-state index in [9.17, 15) is 13.2 Å². The number of hydrogen-bond acceptors (Lipinski definition) is 6. The summed E-state index contributed by atoms with van der Waals surface area (Å²) in [6.45, 7) is 4.63. The van der Waals surface area contributed by atoms with E-state index in [1.165, 1.54) is 10.5 Å². The summed E-state index contributed by atoms with van der Waals surface area (Å²) in [5.74, 6) is 0.767. The first-order valence-electron chi connectivity index (χ1n) is 14.9. The highest BCUT2D eigenvalue weighted by molar-refractivity contribution is 7.92. The lowest BCUT2D eigenvalue weighted by Crippen LogP contribution is -2.31. The molecule has 0 bridgehead atoms. The lowest BCUT2D eigenvalue weighted by atomic mass is 10.1. The maximum Gasteiger partial charge on any atom is 0.271 e. The van der Waals surface area contributed by atoms with Crippen LogP contribution >= 0.6 is 11.6 Å². The van der Waals surface area contributed by atoms with E-state index in [4.69, 9.17) is 21.1 Å². The van der Waals surface area contributed by atoms with Gasteiger partial charge < -0.3 is 9.47 Å². The van der Waals surface area contributed by atoms with E-state index in [1.54, 1.807) is 78.9 Å². The molecule has 0 radical (unpaired) electrons. The number of anilines is 1. The van der Waals surface area contributed by atoms with Gasteiger partial charge in [-0.05, 0) is 90.7 Å². The highest BCUT2D eigenvalue weighted by Crippen LogP contribution is 2.31. The molecule has 0 aromatic heterocycles. The number of sulfonamides is 1. The Morgan fingerprint density at radius 3 is 2.23 bits per heavy atom. The highest BCUT2D eigenvalue weighted by Gasteiger charge is 2.26. The lowest BCUT2D eigenvalue weighted by Gasteiger charge is -2.26. The minimum Gasteiger partial charge on any atom is -0.490 e. The van der Waals surface area contributed by atoms with Gasteiger partial charge in [0.25, 0.3) is 15.9 Å². The first-order valence-corrected chi connectivity index (χ1v) is 16.8. The van der Waals surface area contributed by atoms with Crippen molar-refractivity contribution in [2.24, 2.45) is 5.10 Å². The average molecular weight is 668 g/mol. The van der Waals surface area contributed by atoms with E-state index in [-0.39, 0.29) is 11.4 Å². The third-order valence-corrected chi connectivity index (χ3v) is 9.21. The van der Waals surface area contributed by atoms with Crippen molar-refractivity contribution in [2.45, 2.75) is 31.9 Å². The zero-order valence-corrected chi connectivity index (χ0v) is 27.5. The number of aryl methyl sites for hydroxylation is 1. The number of carbonyl (C=O) groups excluding carboxylic acids is 1. The van der Waals surface area contributed by atoms with Gasteiger partial charge in [0.05, 0.1) is 29.9 Å². The zero-order valence-electron chi connectivity index (χ0n) is 26.0. The Morgan fingerprint density at radius 1 is 0.830 bits per heavy atom. The summed E-state index contributed by atoms with van der Waals surface area (Å²) in [6, 6.07) is 35.4. The Labute approximate surface area is 280 Å². The number of rotatable bonds is 13. The normalized spacial score (nSPS) is 11.3. The minimum absolute atomic E-state index is 0.0334. The molecule has 0 saturated heterocycles. The van der Waals surface area contributed by atoms with E-state index >= 15 is 0 Å². The number of hydrazone groups is 1. The molecule has 10 heteroatoms. The van der Waals surface area contributed by atoms with Crippen LogP contribution in [-0.4, -0.2) is 27.1 Å². The predicted molar refractivity (Wildman–Crippen MR) is 186 cm³/mol. The number of nitrogens with zero attached hydrogens (tertiary/aromatic N) is 2. The maximum atomic E-state index is 13.8. The molecule has 0 atom stereocenters. The number of ether oxygens (including phenoxy) is 2. The first kappa shape index (κ1) is 33.2. The van der Waals surface area contributed by atoms with Crippen molar-refractivity contribution in [3.05, 3.63) is 154 Å². The fourth-order valence-corrected chi connectivity index (χ4v) is 6.45. The fourth-order valence-electron chi connectivity index (χ4n) is 4.76. The van der Waals surface area contributed by atoms with E-state index in [2.05, 4.69) is 10.5 Å². The summed E-state index contributed by atoms with van der Waals surface area (Å²) >= 11 is 6.27. The van der Waals surface area contributed by atoms with Crippen LogP contribution in [0, 0.1) is 6.92 Å². The predicted octanol–water partition coefficient (Wildman–Crippen LogP) is 7.79. The van der Waals surface area contributed by atoms with Gasteiger partial charge in [0, 0.05) is 10.6 Å². The van der Waals surface area contributed by atoms with Gasteiger partial charge in [-0.15, -0.1) is 0 Å². The molecule has 0 unspecified atom stereocenters. The molecule has 0 fully saturated rings. The smallest absolute Gasteiger partial charge is 0.271 e. The molecule has 1 N–H and O–H groups in total. The Hall–Kier alpha value is -5.12. The van der Waals surface area contributed by atoms with E-state index < -0.39 is 15.9 Å². The molecule has 0 heterocycles. The van der Waals surface area contributed by atoms with Gasteiger partial charge >= 0.3 is 0 Å². The molecule has 47 heavy (non-hydrogen) atoms. The van der Waals surface area contributed by atoms with Crippen LogP contribution in [0.3, 0.4) is 0 Å². The topological polar surface area (TPSA) is 97.3 Å². The summed E-state index contributed by atoms with van der Waals surface area (Å²) in [4.78, 5) is 13.0. The van der Waals surface area contributed by atoms with Gasteiger partial charge in [-0.2, -0.15) is 5.10 Å². The molecule has 0 saturated carbocycles. The van der Waals surface area contributed by atoms with Gasteiger partial charge in [-0.25, -0.2) is 13.8 Å². The fraction of sp³-hybridized carbons (Fsp3) is 0.135. The average Bonchev–Trinajstić information content (AvgIpc) is 3.09. The third-order valence-electron chi connectivity index (χ3n) is 7.20. The van der Waals surface area contributed by atoms with Crippen LogP contribution in [0.4, 0.5) is 5.69 Å². The quantitative estimate of drug-likeness (QED) is 0.102. The van der Waals surface area contributed by atoms with Crippen molar-refractivity contribution in [1.29, 1.82) is 0 Å². The molecule has 5 aromatic rings. The highest BCUT2D eigenvalue weighted by atomic mass is 35.5. The number of amides is 1. The second-order valence-corrected chi connectivity index (χ2v) is 12.9. The number of carbonyl (C=O) groups is 1. The van der Waals surface area contributed by atoms with Gasteiger partial charge in [0.1, 0.15) is 6.61 Å². The standard InChI is InChI=1S/C37H34ClN3O5S/c1-3-45-36-22-30(17-21-35(36)46-26-29-10-6-4-7-11-29)24-39-40-37(42)31-18-15-28(16-19-31)25-41(34-23-32(38)20-14-27(34)2)47(43,44)33-12-8-5-9-13-33/h4-24H,3,25-26H2,1-2H3,(H,40,42)/b39-24-. The second kappa shape index (κ2) is 15.4. The van der Waals surface area contributed by atoms with E-state index in [0.29, 0.717) is 52.1 Å². The summed E-state index contributed by atoms with van der Waals surface area (Å²) in [6.07, 6.45) is 1.52. The molecular weight excluding hydrogens is 634 g/mol. The number of benzene rings is 5. The third kappa shape index (κ3) is 8.58. The molecule has 240 valence electrons. The molecular formula is C37H34ClN3O5S. The molecule has 0 aliphatic rings. The Balaban J connectivity index is 1.27. The SMILES string of the molecule is CCOc1cc(/C=N\NC(=O)c2ccc(CN(c3cc(Cl)ccc3C)S(=O)(=O)c3ccccc3)cc2)ccc1OCc1ccccc1. The van der Waals surface area contributed by atoms with Crippen molar-refractivity contribution in [3.63, 3.8) is 0 Å². The summed E-state index contributed by atoms with van der Waals surface area (Å²) in [5.41, 5.74) is 6.58. The van der Waals surface area contributed by atoms with Gasteiger partial charge in [-0.3, -0.25) is 9.10 Å². The lowest BCUT2D eigenvalue weighted by molar-refractivity contribution is 0.0955. The number of nitrogens with one attached hydrogen (secondary N) is 1. The Morgan fingerprint density at radius 2 is 1.53 bits per heavy atom. The second-order valence-electron chi connectivity index (χ2n) is 10.6. The van der Waals surface area contributed by atoms with Crippen LogP contribution < -0.4 is 19.2 Å². The molecule has 0 aliphatic carbocycles. The van der Waals surface area contributed by atoms with Gasteiger partial charge in [-0.1, -0.05) is 78.3 Å². The largest absolute Gasteiger partial charge is 0.490 e. The van der Waals surface area contributed by atoms with Crippen molar-refractivity contribution in [1.82, 2.24) is 5.43 Å². The van der Waals surface area contributed by atoms with Crippen LogP contribution in [0.15, 0.2) is 131 Å². The van der Waals surface area contributed by atoms with Crippen LogP contribution in [0.1, 0.15) is 39.5 Å². The molecule has 5 rings (SSSR count). The Bertz CT molecular complexity index is 1950. The van der Waals surface area contributed by atoms with Crippen LogP contribution in [0.25, 0.3) is 0 Å². The summed E-state index contributed by atoms with van der Waals surface area (Å²) < 4.78 is 40.6. The molecule has 0 spiro atoms. The molecule has 5 aromatic carbocycles. The van der Waals surface area contributed by atoms with Crippen molar-refractivity contribution in [2.75, 3.05) is 10.9 Å². The van der Waals surface area contributed by atoms with Gasteiger partial charge in [0.15, 0.2) is 11.5 Å². The zero-order chi connectivity index (χ0) is 33.2. The molecule has 0 aliphatic heterocycles. The van der Waals surface area contributed by atoms with Crippen LogP contribution in [-0.2, 0) is 23.2 Å². The first-order chi connectivity index (χ1) is 22.7. The van der Waals surface area contributed by atoms with Crippen molar-refractivity contribution in [3.8, 4) is 11.5 Å². The number of hydrogen-bond donors (Lipinski definition) is 1. The van der Waals surface area contributed by atoms with Gasteiger partial charge in [0.2, 0.25) is 0 Å². The van der Waals surface area contributed by atoms with Crippen LogP contribution in [0.5, 0.6) is 11.5 Å².